The number of aromatic hydroxyl groups is 2. The molecule has 0 heterocycles. The predicted octanol–water partition coefficient (Wildman–Crippen LogP) is 3.44. The number of ether oxygens (including phenoxy) is 1. The fourth-order valence-electron chi connectivity index (χ4n) is 2.33. The maximum atomic E-state index is 12.0. The van der Waals surface area contributed by atoms with Gasteiger partial charge in [-0.3, -0.25) is 4.79 Å². The summed E-state index contributed by atoms with van der Waals surface area (Å²) < 4.78 is 5.71. The number of nitrogens with zero attached hydrogens (tertiary/aromatic N) is 1. The van der Waals surface area contributed by atoms with Crippen molar-refractivity contribution in [1.29, 1.82) is 0 Å². The highest BCUT2D eigenvalue weighted by Crippen LogP contribution is 2.22. The van der Waals surface area contributed by atoms with Crippen molar-refractivity contribution in [2.45, 2.75) is 6.61 Å². The summed E-state index contributed by atoms with van der Waals surface area (Å²) in [6.45, 7) is 0.487. The van der Waals surface area contributed by atoms with E-state index in [-0.39, 0.29) is 17.1 Å². The molecule has 0 saturated carbocycles. The van der Waals surface area contributed by atoms with E-state index in [0.717, 1.165) is 22.9 Å². The Morgan fingerprint density at radius 1 is 1.00 bits per heavy atom. The third-order valence-electron chi connectivity index (χ3n) is 3.73. The van der Waals surface area contributed by atoms with Gasteiger partial charge in [0.05, 0.1) is 11.8 Å². The van der Waals surface area contributed by atoms with E-state index in [1.165, 1.54) is 18.3 Å². The second kappa shape index (κ2) is 8.53. The fraction of sp³-hybridized carbons (Fsp3) is 0.0476. The first-order valence-electron chi connectivity index (χ1n) is 8.24. The molecule has 136 valence electrons. The van der Waals surface area contributed by atoms with E-state index < -0.39 is 5.91 Å². The standard InChI is InChI=1S/C21H18N2O4/c24-17-8-11-19(20(25)12-17)21(26)23-22-13-15-6-9-18(10-7-15)27-14-16-4-2-1-3-5-16/h1-13,24-25H,14H2,(H,23,26)/b22-13-. The lowest BCUT2D eigenvalue weighted by Gasteiger charge is -2.06. The van der Waals surface area contributed by atoms with Crippen LogP contribution in [0.4, 0.5) is 0 Å². The Kier molecular flexibility index (Phi) is 5.69. The number of hydrogen-bond donors (Lipinski definition) is 3. The van der Waals surface area contributed by atoms with Gasteiger partial charge in [0, 0.05) is 6.07 Å². The molecule has 27 heavy (non-hydrogen) atoms. The summed E-state index contributed by atoms with van der Waals surface area (Å²) >= 11 is 0. The molecule has 0 aliphatic rings. The Morgan fingerprint density at radius 3 is 2.44 bits per heavy atom. The number of hydrazone groups is 1. The van der Waals surface area contributed by atoms with Gasteiger partial charge < -0.3 is 14.9 Å². The van der Waals surface area contributed by atoms with Gasteiger partial charge in [-0.25, -0.2) is 5.43 Å². The Labute approximate surface area is 156 Å². The van der Waals surface area contributed by atoms with Gasteiger partial charge in [0.2, 0.25) is 0 Å². The van der Waals surface area contributed by atoms with Crippen LogP contribution < -0.4 is 10.2 Å². The van der Waals surface area contributed by atoms with Crippen LogP contribution in [0, 0.1) is 0 Å². The van der Waals surface area contributed by atoms with Crippen LogP contribution >= 0.6 is 0 Å². The maximum absolute atomic E-state index is 12.0. The number of hydrogen-bond acceptors (Lipinski definition) is 5. The topological polar surface area (TPSA) is 91.2 Å². The van der Waals surface area contributed by atoms with E-state index in [1.54, 1.807) is 0 Å². The van der Waals surface area contributed by atoms with E-state index in [0.29, 0.717) is 6.61 Å². The van der Waals surface area contributed by atoms with Gasteiger partial charge in [0.25, 0.3) is 5.91 Å². The van der Waals surface area contributed by atoms with Crippen LogP contribution in [0.25, 0.3) is 0 Å². The van der Waals surface area contributed by atoms with Crippen LogP contribution in [0.15, 0.2) is 77.9 Å². The number of phenols is 2. The average Bonchev–Trinajstić information content (AvgIpc) is 2.68. The highest BCUT2D eigenvalue weighted by Gasteiger charge is 2.10. The minimum atomic E-state index is -0.577. The minimum Gasteiger partial charge on any atom is -0.508 e. The van der Waals surface area contributed by atoms with Crippen molar-refractivity contribution in [1.82, 2.24) is 5.43 Å². The minimum absolute atomic E-state index is 0.0228. The van der Waals surface area contributed by atoms with Crippen LogP contribution in [-0.4, -0.2) is 22.3 Å². The molecule has 0 aliphatic heterocycles. The number of phenolic OH excluding ortho intramolecular Hbond substituents is 2. The fourth-order valence-corrected chi connectivity index (χ4v) is 2.33. The molecule has 0 radical (unpaired) electrons. The van der Waals surface area contributed by atoms with Crippen molar-refractivity contribution >= 4 is 12.1 Å². The Hall–Kier alpha value is -3.80. The van der Waals surface area contributed by atoms with E-state index in [2.05, 4.69) is 10.5 Å². The van der Waals surface area contributed by atoms with E-state index in [4.69, 9.17) is 4.74 Å². The van der Waals surface area contributed by atoms with Crippen LogP contribution in [0.5, 0.6) is 17.2 Å². The molecule has 1 amide bonds. The summed E-state index contributed by atoms with van der Waals surface area (Å²) in [5, 5.41) is 22.8. The van der Waals surface area contributed by atoms with Gasteiger partial charge in [-0.1, -0.05) is 30.3 Å². The van der Waals surface area contributed by atoms with Crippen molar-refractivity contribution in [2.75, 3.05) is 0 Å². The predicted molar refractivity (Wildman–Crippen MR) is 102 cm³/mol. The highest BCUT2D eigenvalue weighted by molar-refractivity contribution is 5.97. The molecule has 0 spiro atoms. The number of benzene rings is 3. The zero-order chi connectivity index (χ0) is 19.1. The first-order chi connectivity index (χ1) is 13.1. The largest absolute Gasteiger partial charge is 0.508 e. The number of carbonyl (C=O) groups is 1. The van der Waals surface area contributed by atoms with Crippen molar-refractivity contribution in [3.8, 4) is 17.2 Å². The second-order valence-corrected chi connectivity index (χ2v) is 5.74. The first kappa shape index (κ1) is 18.0. The molecule has 0 unspecified atom stereocenters. The molecule has 0 bridgehead atoms. The lowest BCUT2D eigenvalue weighted by Crippen LogP contribution is -2.17. The highest BCUT2D eigenvalue weighted by atomic mass is 16.5. The van der Waals surface area contributed by atoms with Gasteiger partial charge in [0.15, 0.2) is 0 Å². The Bertz CT molecular complexity index is 938. The van der Waals surface area contributed by atoms with E-state index in [1.807, 2.05) is 54.6 Å². The molecule has 0 fully saturated rings. The lowest BCUT2D eigenvalue weighted by atomic mass is 10.2. The van der Waals surface area contributed by atoms with Gasteiger partial charge in [-0.15, -0.1) is 0 Å². The molecule has 6 heteroatoms. The lowest BCUT2D eigenvalue weighted by molar-refractivity contribution is 0.0952. The molecular weight excluding hydrogens is 344 g/mol. The summed E-state index contributed by atoms with van der Waals surface area (Å²) in [6, 6.07) is 20.9. The number of amides is 1. The van der Waals surface area contributed by atoms with Crippen LogP contribution in [-0.2, 0) is 6.61 Å². The smallest absolute Gasteiger partial charge is 0.275 e. The quantitative estimate of drug-likeness (QED) is 0.463. The molecule has 3 aromatic rings. The molecule has 0 aliphatic carbocycles. The third kappa shape index (κ3) is 5.09. The Balaban J connectivity index is 1.53. The summed E-state index contributed by atoms with van der Waals surface area (Å²) in [7, 11) is 0. The van der Waals surface area contributed by atoms with Crippen LogP contribution in [0.1, 0.15) is 21.5 Å². The maximum Gasteiger partial charge on any atom is 0.275 e. The van der Waals surface area contributed by atoms with Gasteiger partial charge in [-0.05, 0) is 47.5 Å². The molecule has 0 saturated heterocycles. The molecular formula is C21H18N2O4. The summed E-state index contributed by atoms with van der Waals surface area (Å²) in [6.07, 6.45) is 1.48. The van der Waals surface area contributed by atoms with Gasteiger partial charge >= 0.3 is 0 Å². The zero-order valence-corrected chi connectivity index (χ0v) is 14.4. The van der Waals surface area contributed by atoms with E-state index in [9.17, 15) is 15.0 Å². The number of carbonyl (C=O) groups excluding carboxylic acids is 1. The van der Waals surface area contributed by atoms with Crippen molar-refractivity contribution in [3.63, 3.8) is 0 Å². The summed E-state index contributed by atoms with van der Waals surface area (Å²) in [5.41, 5.74) is 4.21. The molecule has 3 rings (SSSR count). The first-order valence-corrected chi connectivity index (χ1v) is 8.24. The Morgan fingerprint density at radius 2 is 1.74 bits per heavy atom. The summed E-state index contributed by atoms with van der Waals surface area (Å²) in [5.74, 6) is -0.287. The second-order valence-electron chi connectivity index (χ2n) is 5.74. The SMILES string of the molecule is O=C(N/N=C\c1ccc(OCc2ccccc2)cc1)c1ccc(O)cc1O. The van der Waals surface area contributed by atoms with Crippen molar-refractivity contribution in [3.05, 3.63) is 89.5 Å². The molecule has 3 N–H and O–H groups in total. The molecule has 0 aromatic heterocycles. The third-order valence-corrected chi connectivity index (χ3v) is 3.73. The molecule has 3 aromatic carbocycles. The molecule has 0 atom stereocenters. The monoisotopic (exact) mass is 362 g/mol. The average molecular weight is 362 g/mol. The van der Waals surface area contributed by atoms with Crippen LogP contribution in [0.3, 0.4) is 0 Å². The van der Waals surface area contributed by atoms with Crippen LogP contribution in [0.2, 0.25) is 0 Å². The van der Waals surface area contributed by atoms with E-state index >= 15 is 0 Å². The molecule has 6 nitrogen and oxygen atoms in total. The number of rotatable bonds is 6. The van der Waals surface area contributed by atoms with Gasteiger partial charge in [0.1, 0.15) is 23.9 Å². The number of nitrogens with one attached hydrogen (secondary N) is 1. The van der Waals surface area contributed by atoms with Crippen molar-refractivity contribution in [2.24, 2.45) is 5.10 Å². The summed E-state index contributed by atoms with van der Waals surface area (Å²) in [4.78, 5) is 12.0. The normalized spacial score (nSPS) is 10.7. The zero-order valence-electron chi connectivity index (χ0n) is 14.4. The van der Waals surface area contributed by atoms with Gasteiger partial charge in [-0.2, -0.15) is 5.10 Å². The van der Waals surface area contributed by atoms with Crippen molar-refractivity contribution < 1.29 is 19.7 Å².